The van der Waals surface area contributed by atoms with Crippen molar-refractivity contribution in [2.45, 2.75) is 25.2 Å². The Morgan fingerprint density at radius 1 is 1.06 bits per heavy atom. The van der Waals surface area contributed by atoms with Crippen LogP contribution in [0.2, 0.25) is 0 Å². The zero-order chi connectivity index (χ0) is 24.2. The Kier molecular flexibility index (Phi) is 6.81. The number of likely N-dealkylation sites (tertiary alicyclic amines) is 1. The van der Waals surface area contributed by atoms with Gasteiger partial charge in [-0.3, -0.25) is 0 Å². The lowest BCUT2D eigenvalue weighted by molar-refractivity contribution is 0.194. The van der Waals surface area contributed by atoms with Crippen molar-refractivity contribution < 1.29 is 14.3 Å². The summed E-state index contributed by atoms with van der Waals surface area (Å²) in [7, 11) is 3.25. The number of hydrogen-bond donors (Lipinski definition) is 2. The summed E-state index contributed by atoms with van der Waals surface area (Å²) in [6.45, 7) is 3.27. The highest BCUT2D eigenvalue weighted by Gasteiger charge is 2.26. The van der Waals surface area contributed by atoms with Crippen molar-refractivity contribution in [3.63, 3.8) is 0 Å². The number of methoxy groups -OCH3 is 2. The van der Waals surface area contributed by atoms with E-state index in [9.17, 15) is 4.79 Å². The van der Waals surface area contributed by atoms with Crippen molar-refractivity contribution in [2.24, 2.45) is 0 Å². The largest absolute Gasteiger partial charge is 0.493 e. The van der Waals surface area contributed by atoms with Crippen LogP contribution in [0.15, 0.2) is 48.8 Å². The zero-order valence-electron chi connectivity index (χ0n) is 20.2. The maximum atomic E-state index is 12.9. The number of nitrogens with one attached hydrogen (secondary N) is 2. The second kappa shape index (κ2) is 10.3. The number of rotatable bonds is 5. The minimum Gasteiger partial charge on any atom is -0.493 e. The molecule has 182 valence electrons. The molecular formula is C27H31N5O3. The van der Waals surface area contributed by atoms with Crippen LogP contribution in [0.3, 0.4) is 0 Å². The van der Waals surface area contributed by atoms with Crippen molar-refractivity contribution in [3.05, 3.63) is 60.1 Å². The number of carbonyl (C=O) groups is 1. The number of hydrogen-bond acceptors (Lipinski definition) is 6. The molecule has 0 aliphatic carbocycles. The van der Waals surface area contributed by atoms with E-state index in [-0.39, 0.29) is 11.9 Å². The fourth-order valence-corrected chi connectivity index (χ4v) is 4.94. The van der Waals surface area contributed by atoms with E-state index >= 15 is 0 Å². The number of aromatic nitrogens is 2. The number of amides is 2. The molecule has 0 saturated carbocycles. The van der Waals surface area contributed by atoms with Crippen molar-refractivity contribution in [2.75, 3.05) is 45.7 Å². The second-order valence-corrected chi connectivity index (χ2v) is 8.94. The molecule has 5 rings (SSSR count). The zero-order valence-corrected chi connectivity index (χ0v) is 20.2. The van der Waals surface area contributed by atoms with E-state index in [1.54, 1.807) is 20.5 Å². The first kappa shape index (κ1) is 23.1. The van der Waals surface area contributed by atoms with Crippen LogP contribution < -0.4 is 20.1 Å². The molecule has 35 heavy (non-hydrogen) atoms. The summed E-state index contributed by atoms with van der Waals surface area (Å²) in [5.41, 5.74) is 5.22. The molecule has 1 fully saturated rings. The number of carbonyl (C=O) groups excluding carboxylic acids is 1. The summed E-state index contributed by atoms with van der Waals surface area (Å²) in [5, 5.41) is 7.36. The van der Waals surface area contributed by atoms with E-state index in [0.29, 0.717) is 24.6 Å². The lowest BCUT2D eigenvalue weighted by atomic mass is 9.91. The van der Waals surface area contributed by atoms with Gasteiger partial charge in [0.1, 0.15) is 6.33 Å². The van der Waals surface area contributed by atoms with Crippen LogP contribution in [0.1, 0.15) is 36.4 Å². The smallest absolute Gasteiger partial charge is 0.321 e. The molecule has 2 aliphatic rings. The van der Waals surface area contributed by atoms with E-state index < -0.39 is 0 Å². The Labute approximate surface area is 205 Å². The van der Waals surface area contributed by atoms with Crippen molar-refractivity contribution in [3.8, 4) is 11.5 Å². The molecule has 2 aromatic carbocycles. The molecule has 0 bridgehead atoms. The fraction of sp³-hybridized carbons (Fsp3) is 0.370. The van der Waals surface area contributed by atoms with Gasteiger partial charge >= 0.3 is 6.03 Å². The summed E-state index contributed by atoms with van der Waals surface area (Å²) in [5.74, 6) is 1.56. The molecule has 8 heteroatoms. The molecule has 8 nitrogen and oxygen atoms in total. The van der Waals surface area contributed by atoms with Gasteiger partial charge in [-0.15, -0.1) is 0 Å². The van der Waals surface area contributed by atoms with Gasteiger partial charge in [0.05, 0.1) is 25.4 Å². The summed E-state index contributed by atoms with van der Waals surface area (Å²) in [6, 6.07) is 11.9. The first-order valence-corrected chi connectivity index (χ1v) is 12.1. The van der Waals surface area contributed by atoms with Gasteiger partial charge < -0.3 is 25.0 Å². The van der Waals surface area contributed by atoms with Gasteiger partial charge in [-0.1, -0.05) is 18.2 Å². The van der Waals surface area contributed by atoms with Crippen LogP contribution in [0.5, 0.6) is 11.5 Å². The van der Waals surface area contributed by atoms with Gasteiger partial charge in [-0.25, -0.2) is 14.8 Å². The molecule has 2 aliphatic heterocycles. The first-order chi connectivity index (χ1) is 17.2. The normalized spacial score (nSPS) is 16.6. The minimum absolute atomic E-state index is 0.0590. The maximum absolute atomic E-state index is 12.9. The predicted octanol–water partition coefficient (Wildman–Crippen LogP) is 4.44. The molecule has 2 N–H and O–H groups in total. The van der Waals surface area contributed by atoms with Crippen molar-refractivity contribution in [1.82, 2.24) is 20.2 Å². The highest BCUT2D eigenvalue weighted by Crippen LogP contribution is 2.36. The molecule has 0 spiro atoms. The maximum Gasteiger partial charge on any atom is 0.321 e. The number of anilines is 1. The third kappa shape index (κ3) is 4.93. The number of fused-ring (bicyclic) bond motifs is 1. The van der Waals surface area contributed by atoms with E-state index in [4.69, 9.17) is 9.47 Å². The lowest BCUT2D eigenvalue weighted by Gasteiger charge is -2.32. The molecule has 3 heterocycles. The molecule has 0 radical (unpaired) electrons. The molecule has 0 atom stereocenters. The molecular weight excluding hydrogens is 442 g/mol. The monoisotopic (exact) mass is 473 g/mol. The molecule has 2 amide bonds. The fourth-order valence-electron chi connectivity index (χ4n) is 4.94. The van der Waals surface area contributed by atoms with Gasteiger partial charge in [0.25, 0.3) is 0 Å². The van der Waals surface area contributed by atoms with Gasteiger partial charge in [0.2, 0.25) is 0 Å². The standard InChI is InChI=1S/C27H31N5O3/c1-34-24-15-22-23(16-25(24)35-2)29-17-30-26(22)20-9-13-32(14-10-20)27(33)31-21-5-3-18(4-6-21)19-7-11-28-12-8-19/h3-7,15-17,20,28H,8-14H2,1-2H3,(H,31,33). The summed E-state index contributed by atoms with van der Waals surface area (Å²) >= 11 is 0. The Balaban J connectivity index is 1.23. The molecule has 3 aromatic rings. The summed E-state index contributed by atoms with van der Waals surface area (Å²) < 4.78 is 10.9. The summed E-state index contributed by atoms with van der Waals surface area (Å²) in [4.78, 5) is 23.8. The average Bonchev–Trinajstić information content (AvgIpc) is 2.93. The number of ether oxygens (including phenoxy) is 2. The Morgan fingerprint density at radius 3 is 2.49 bits per heavy atom. The lowest BCUT2D eigenvalue weighted by Crippen LogP contribution is -2.40. The predicted molar refractivity (Wildman–Crippen MR) is 137 cm³/mol. The van der Waals surface area contributed by atoms with Gasteiger partial charge in [-0.2, -0.15) is 0 Å². The van der Waals surface area contributed by atoms with Crippen LogP contribution in [0.4, 0.5) is 10.5 Å². The topological polar surface area (TPSA) is 88.6 Å². The highest BCUT2D eigenvalue weighted by molar-refractivity contribution is 5.90. The average molecular weight is 474 g/mol. The first-order valence-electron chi connectivity index (χ1n) is 12.1. The second-order valence-electron chi connectivity index (χ2n) is 8.94. The van der Waals surface area contributed by atoms with Crippen molar-refractivity contribution in [1.29, 1.82) is 0 Å². The Hall–Kier alpha value is -3.65. The number of piperidine rings is 1. The summed E-state index contributed by atoms with van der Waals surface area (Å²) in [6.07, 6.45) is 6.55. The third-order valence-corrected chi connectivity index (χ3v) is 6.91. The Bertz CT molecular complexity index is 1230. The van der Waals surface area contributed by atoms with E-state index in [0.717, 1.165) is 54.6 Å². The van der Waals surface area contributed by atoms with Gasteiger partial charge in [0.15, 0.2) is 11.5 Å². The molecule has 1 saturated heterocycles. The van der Waals surface area contributed by atoms with Crippen LogP contribution in [-0.4, -0.2) is 61.3 Å². The van der Waals surface area contributed by atoms with Crippen LogP contribution in [0, 0.1) is 0 Å². The number of nitrogens with zero attached hydrogens (tertiary/aromatic N) is 3. The van der Waals surface area contributed by atoms with Gasteiger partial charge in [0, 0.05) is 42.7 Å². The van der Waals surface area contributed by atoms with Crippen molar-refractivity contribution >= 4 is 28.2 Å². The minimum atomic E-state index is -0.0590. The Morgan fingerprint density at radius 2 is 1.80 bits per heavy atom. The quantitative estimate of drug-likeness (QED) is 0.570. The van der Waals surface area contributed by atoms with E-state index in [2.05, 4.69) is 38.8 Å². The number of urea groups is 1. The molecule has 1 aromatic heterocycles. The SMILES string of the molecule is COc1cc2ncnc(C3CCN(C(=O)Nc4ccc(C5=CCNCC5)cc4)CC3)c2cc1OC. The van der Waals surface area contributed by atoms with Crippen LogP contribution >= 0.6 is 0 Å². The van der Waals surface area contributed by atoms with E-state index in [1.165, 1.54) is 11.1 Å². The van der Waals surface area contributed by atoms with Crippen LogP contribution in [0.25, 0.3) is 16.5 Å². The molecule has 0 unspecified atom stereocenters. The third-order valence-electron chi connectivity index (χ3n) is 6.91. The van der Waals surface area contributed by atoms with Gasteiger partial charge in [-0.05, 0) is 55.1 Å². The number of benzene rings is 2. The van der Waals surface area contributed by atoms with Crippen LogP contribution in [-0.2, 0) is 0 Å². The highest BCUT2D eigenvalue weighted by atomic mass is 16.5. The van der Waals surface area contributed by atoms with E-state index in [1.807, 2.05) is 29.2 Å².